The van der Waals surface area contributed by atoms with E-state index in [-0.39, 0.29) is 0 Å². The highest BCUT2D eigenvalue weighted by Crippen LogP contribution is 2.23. The third-order valence-corrected chi connectivity index (χ3v) is 3.98. The van der Waals surface area contributed by atoms with E-state index in [1.807, 2.05) is 24.3 Å². The number of hydrogen-bond donors (Lipinski definition) is 1. The molecular weight excluding hydrogens is 280 g/mol. The van der Waals surface area contributed by atoms with Crippen LogP contribution in [0.1, 0.15) is 5.56 Å². The van der Waals surface area contributed by atoms with Crippen LogP contribution >= 0.6 is 11.8 Å². The van der Waals surface area contributed by atoms with Gasteiger partial charge in [-0.1, -0.05) is 24.3 Å². The standard InChI is InChI=1S/C17H14N2OS/c18-12-13-4-3-6-15(10-13)20-8-9-21-17-11-14-5-1-2-7-16(14)19-17/h1-7,10-11,19H,8-9H2. The molecular formula is C17H14N2OS. The lowest BCUT2D eigenvalue weighted by molar-refractivity contribution is 0.344. The van der Waals surface area contributed by atoms with Gasteiger partial charge in [0.05, 0.1) is 23.3 Å². The monoisotopic (exact) mass is 294 g/mol. The number of fused-ring (bicyclic) bond motifs is 1. The SMILES string of the molecule is N#Cc1cccc(OCCSc2cc3ccccc3[nH]2)c1. The Morgan fingerprint density at radius 3 is 2.86 bits per heavy atom. The van der Waals surface area contributed by atoms with E-state index in [1.165, 1.54) is 5.39 Å². The molecule has 0 saturated heterocycles. The van der Waals surface area contributed by atoms with E-state index in [4.69, 9.17) is 10.00 Å². The van der Waals surface area contributed by atoms with Gasteiger partial charge in [-0.15, -0.1) is 11.8 Å². The minimum Gasteiger partial charge on any atom is -0.493 e. The van der Waals surface area contributed by atoms with Gasteiger partial charge in [0.1, 0.15) is 5.75 Å². The molecule has 0 amide bonds. The summed E-state index contributed by atoms with van der Waals surface area (Å²) in [6.45, 7) is 0.606. The number of thioether (sulfide) groups is 1. The van der Waals surface area contributed by atoms with E-state index in [2.05, 4.69) is 29.3 Å². The Labute approximate surface area is 127 Å². The van der Waals surface area contributed by atoms with Gasteiger partial charge in [-0.25, -0.2) is 0 Å². The quantitative estimate of drug-likeness (QED) is 0.566. The summed E-state index contributed by atoms with van der Waals surface area (Å²) < 4.78 is 5.66. The minimum atomic E-state index is 0.606. The summed E-state index contributed by atoms with van der Waals surface area (Å²) in [5.41, 5.74) is 1.78. The molecule has 0 atom stereocenters. The molecule has 1 N–H and O–H groups in total. The Bertz CT molecular complexity index is 756. The van der Waals surface area contributed by atoms with Gasteiger partial charge in [0.15, 0.2) is 0 Å². The lowest BCUT2D eigenvalue weighted by Crippen LogP contribution is -2.00. The van der Waals surface area contributed by atoms with Crippen molar-refractivity contribution in [2.45, 2.75) is 5.03 Å². The summed E-state index contributed by atoms with van der Waals surface area (Å²) in [5.74, 6) is 1.59. The van der Waals surface area contributed by atoms with Crippen molar-refractivity contribution in [2.24, 2.45) is 0 Å². The molecule has 2 aromatic carbocycles. The van der Waals surface area contributed by atoms with Crippen LogP contribution in [0.15, 0.2) is 59.6 Å². The van der Waals surface area contributed by atoms with Crippen molar-refractivity contribution in [3.63, 3.8) is 0 Å². The van der Waals surface area contributed by atoms with Crippen LogP contribution in [0.4, 0.5) is 0 Å². The summed E-state index contributed by atoms with van der Waals surface area (Å²) in [6, 6.07) is 19.7. The number of ether oxygens (including phenoxy) is 1. The van der Waals surface area contributed by atoms with E-state index < -0.39 is 0 Å². The molecule has 3 nitrogen and oxygen atoms in total. The molecule has 0 fully saturated rings. The van der Waals surface area contributed by atoms with Gasteiger partial charge in [-0.3, -0.25) is 0 Å². The van der Waals surface area contributed by atoms with E-state index in [9.17, 15) is 0 Å². The Hall–Kier alpha value is -2.38. The first kappa shape index (κ1) is 13.6. The summed E-state index contributed by atoms with van der Waals surface area (Å²) in [4.78, 5) is 3.38. The number of hydrogen-bond acceptors (Lipinski definition) is 3. The molecule has 3 rings (SSSR count). The molecule has 104 valence electrons. The van der Waals surface area contributed by atoms with Crippen LogP contribution in [-0.2, 0) is 0 Å². The molecule has 0 spiro atoms. The molecule has 3 aromatic rings. The summed E-state index contributed by atoms with van der Waals surface area (Å²) in [5, 5.41) is 11.2. The van der Waals surface area contributed by atoms with Gasteiger partial charge >= 0.3 is 0 Å². The molecule has 0 saturated carbocycles. The molecule has 0 radical (unpaired) electrons. The lowest BCUT2D eigenvalue weighted by Gasteiger charge is -2.05. The van der Waals surface area contributed by atoms with Crippen molar-refractivity contribution < 1.29 is 4.74 Å². The van der Waals surface area contributed by atoms with Crippen molar-refractivity contribution in [1.29, 1.82) is 5.26 Å². The second-order valence-electron chi connectivity index (χ2n) is 4.56. The van der Waals surface area contributed by atoms with Crippen LogP contribution < -0.4 is 4.74 Å². The Morgan fingerprint density at radius 1 is 1.10 bits per heavy atom. The average molecular weight is 294 g/mol. The Balaban J connectivity index is 1.53. The van der Waals surface area contributed by atoms with Gasteiger partial charge in [0.2, 0.25) is 0 Å². The fraction of sp³-hybridized carbons (Fsp3) is 0.118. The minimum absolute atomic E-state index is 0.606. The average Bonchev–Trinajstić information content (AvgIpc) is 2.94. The number of nitrogens with zero attached hydrogens (tertiary/aromatic N) is 1. The number of para-hydroxylation sites is 1. The number of nitriles is 1. The smallest absolute Gasteiger partial charge is 0.120 e. The molecule has 21 heavy (non-hydrogen) atoms. The molecule has 0 aliphatic carbocycles. The molecule has 4 heteroatoms. The zero-order valence-electron chi connectivity index (χ0n) is 11.4. The van der Waals surface area contributed by atoms with Gasteiger partial charge in [0, 0.05) is 16.7 Å². The zero-order chi connectivity index (χ0) is 14.5. The molecule has 0 aliphatic rings. The lowest BCUT2D eigenvalue weighted by atomic mass is 10.2. The van der Waals surface area contributed by atoms with Crippen molar-refractivity contribution in [3.05, 3.63) is 60.2 Å². The van der Waals surface area contributed by atoms with Crippen LogP contribution in [0, 0.1) is 11.3 Å². The van der Waals surface area contributed by atoms with E-state index in [0.717, 1.165) is 22.0 Å². The Morgan fingerprint density at radius 2 is 2.00 bits per heavy atom. The second-order valence-corrected chi connectivity index (χ2v) is 5.69. The molecule has 1 heterocycles. The predicted octanol–water partition coefficient (Wildman–Crippen LogP) is 4.21. The van der Waals surface area contributed by atoms with Gasteiger partial charge < -0.3 is 9.72 Å². The third-order valence-electron chi connectivity index (χ3n) is 3.08. The van der Waals surface area contributed by atoms with Gasteiger partial charge in [0.25, 0.3) is 0 Å². The summed E-state index contributed by atoms with van der Waals surface area (Å²) in [6.07, 6.45) is 0. The van der Waals surface area contributed by atoms with Crippen LogP contribution in [0.5, 0.6) is 5.75 Å². The summed E-state index contributed by atoms with van der Waals surface area (Å²) >= 11 is 1.73. The van der Waals surface area contributed by atoms with Gasteiger partial charge in [-0.05, 0) is 30.3 Å². The molecule has 0 bridgehead atoms. The van der Waals surface area contributed by atoms with E-state index >= 15 is 0 Å². The number of nitrogens with one attached hydrogen (secondary N) is 1. The van der Waals surface area contributed by atoms with E-state index in [0.29, 0.717) is 12.2 Å². The Kier molecular flexibility index (Phi) is 4.13. The second kappa shape index (κ2) is 6.38. The maximum absolute atomic E-state index is 8.84. The molecule has 0 unspecified atom stereocenters. The van der Waals surface area contributed by atoms with Crippen LogP contribution in [0.2, 0.25) is 0 Å². The number of rotatable bonds is 5. The summed E-state index contributed by atoms with van der Waals surface area (Å²) in [7, 11) is 0. The maximum Gasteiger partial charge on any atom is 0.120 e. The van der Waals surface area contributed by atoms with Gasteiger partial charge in [-0.2, -0.15) is 5.26 Å². The van der Waals surface area contributed by atoms with Crippen LogP contribution in [0.3, 0.4) is 0 Å². The fourth-order valence-electron chi connectivity index (χ4n) is 2.09. The van der Waals surface area contributed by atoms with E-state index in [1.54, 1.807) is 23.9 Å². The topological polar surface area (TPSA) is 48.8 Å². The highest BCUT2D eigenvalue weighted by molar-refractivity contribution is 7.99. The largest absolute Gasteiger partial charge is 0.493 e. The van der Waals surface area contributed by atoms with Crippen molar-refractivity contribution in [3.8, 4) is 11.8 Å². The zero-order valence-corrected chi connectivity index (χ0v) is 12.2. The number of aromatic amines is 1. The molecule has 1 aromatic heterocycles. The first-order valence-electron chi connectivity index (χ1n) is 6.69. The van der Waals surface area contributed by atoms with Crippen molar-refractivity contribution in [2.75, 3.05) is 12.4 Å². The number of H-pyrrole nitrogens is 1. The fourth-order valence-corrected chi connectivity index (χ4v) is 2.87. The van der Waals surface area contributed by atoms with Crippen molar-refractivity contribution >= 4 is 22.7 Å². The molecule has 0 aliphatic heterocycles. The predicted molar refractivity (Wildman–Crippen MR) is 85.7 cm³/mol. The first-order chi connectivity index (χ1) is 10.3. The normalized spacial score (nSPS) is 10.4. The highest BCUT2D eigenvalue weighted by atomic mass is 32.2. The number of benzene rings is 2. The van der Waals surface area contributed by atoms with Crippen LogP contribution in [0.25, 0.3) is 10.9 Å². The highest BCUT2D eigenvalue weighted by Gasteiger charge is 2.01. The number of aromatic nitrogens is 1. The first-order valence-corrected chi connectivity index (χ1v) is 7.67. The van der Waals surface area contributed by atoms with Crippen LogP contribution in [-0.4, -0.2) is 17.3 Å². The maximum atomic E-state index is 8.84. The third kappa shape index (κ3) is 3.39. The van der Waals surface area contributed by atoms with Crippen molar-refractivity contribution in [1.82, 2.24) is 4.98 Å².